The predicted octanol–water partition coefficient (Wildman–Crippen LogP) is 2.77. The molecule has 0 aliphatic carbocycles. The van der Waals surface area contributed by atoms with Crippen molar-refractivity contribution in [2.24, 2.45) is 0 Å². The van der Waals surface area contributed by atoms with E-state index in [1.165, 1.54) is 0 Å². The molecule has 3 rings (SSSR count). The zero-order valence-corrected chi connectivity index (χ0v) is 19.7. The summed E-state index contributed by atoms with van der Waals surface area (Å²) in [4.78, 5) is 38.0. The number of amides is 5. The Hall–Kier alpha value is -2.19. The van der Waals surface area contributed by atoms with Crippen LogP contribution in [0.1, 0.15) is 41.5 Å². The van der Waals surface area contributed by atoms with Gasteiger partial charge in [0.05, 0.1) is 6.54 Å². The Balaban J connectivity index is -0.000000296. The van der Waals surface area contributed by atoms with Crippen LogP contribution in [0.2, 0.25) is 0 Å². The molecule has 0 saturated carbocycles. The van der Waals surface area contributed by atoms with E-state index in [9.17, 15) is 14.4 Å². The summed E-state index contributed by atoms with van der Waals surface area (Å²) in [6.07, 6.45) is -0.208. The van der Waals surface area contributed by atoms with Gasteiger partial charge in [-0.2, -0.15) is 0 Å². The quantitative estimate of drug-likeness (QED) is 0.671. The zero-order valence-electron chi connectivity index (χ0n) is 19.7. The van der Waals surface area contributed by atoms with Crippen molar-refractivity contribution in [1.29, 1.82) is 0 Å². The molecule has 0 atom stereocenters. The number of rotatable bonds is 0. The van der Waals surface area contributed by atoms with Crippen LogP contribution < -0.4 is 5.32 Å². The van der Waals surface area contributed by atoms with E-state index in [4.69, 9.17) is 0 Å². The van der Waals surface area contributed by atoms with Crippen LogP contribution in [-0.2, 0) is 4.74 Å². The molecule has 0 radical (unpaired) electrons. The molecular formula is C19H43N5O4. The van der Waals surface area contributed by atoms with Crippen molar-refractivity contribution in [3.63, 3.8) is 0 Å². The third kappa shape index (κ3) is 13.1. The first kappa shape index (κ1) is 30.5. The highest BCUT2D eigenvalue weighted by molar-refractivity contribution is 5.76. The van der Waals surface area contributed by atoms with Crippen LogP contribution in [0.25, 0.3) is 0 Å². The minimum absolute atomic E-state index is 0.0417. The molecule has 0 spiro atoms. The molecule has 0 unspecified atom stereocenters. The van der Waals surface area contributed by atoms with Gasteiger partial charge in [0.25, 0.3) is 0 Å². The Labute approximate surface area is 172 Å². The Bertz CT molecular complexity index is 385. The number of nitrogens with zero attached hydrogens (tertiary/aromatic N) is 4. The van der Waals surface area contributed by atoms with Crippen molar-refractivity contribution < 1.29 is 19.1 Å². The molecule has 168 valence electrons. The summed E-state index contributed by atoms with van der Waals surface area (Å²) in [6.45, 7) is 16.7. The minimum atomic E-state index is -0.208. The van der Waals surface area contributed by atoms with Crippen LogP contribution in [0.5, 0.6) is 0 Å². The summed E-state index contributed by atoms with van der Waals surface area (Å²) in [5, 5.41) is 2.66. The maximum atomic E-state index is 10.8. The van der Waals surface area contributed by atoms with E-state index in [2.05, 4.69) is 10.1 Å². The van der Waals surface area contributed by atoms with E-state index in [0.29, 0.717) is 6.61 Å². The molecule has 9 heteroatoms. The summed E-state index contributed by atoms with van der Waals surface area (Å²) in [6, 6.07) is 0.171. The highest BCUT2D eigenvalue weighted by Gasteiger charge is 2.20. The number of nitrogens with one attached hydrogen (secondary N) is 1. The van der Waals surface area contributed by atoms with Crippen LogP contribution in [0, 0.1) is 0 Å². The van der Waals surface area contributed by atoms with Crippen molar-refractivity contribution in [2.45, 2.75) is 41.5 Å². The maximum Gasteiger partial charge on any atom is 0.409 e. The smallest absolute Gasteiger partial charge is 0.409 e. The van der Waals surface area contributed by atoms with Gasteiger partial charge in [-0.25, -0.2) is 14.4 Å². The van der Waals surface area contributed by atoms with Gasteiger partial charge in [0.1, 0.15) is 6.61 Å². The summed E-state index contributed by atoms with van der Waals surface area (Å²) < 4.78 is 4.55. The van der Waals surface area contributed by atoms with Crippen molar-refractivity contribution in [3.8, 4) is 0 Å². The molecule has 3 saturated heterocycles. The van der Waals surface area contributed by atoms with Gasteiger partial charge in [0.15, 0.2) is 0 Å². The number of carbonyl (C=O) groups is 3. The number of carbonyl (C=O) groups excluding carboxylic acids is 3. The van der Waals surface area contributed by atoms with Gasteiger partial charge in [-0.05, 0) is 0 Å². The fourth-order valence-electron chi connectivity index (χ4n) is 1.82. The summed E-state index contributed by atoms with van der Waals surface area (Å²) in [5.74, 6) is 0. The topological polar surface area (TPSA) is 85.4 Å². The minimum Gasteiger partial charge on any atom is -0.448 e. The van der Waals surface area contributed by atoms with Gasteiger partial charge >= 0.3 is 18.2 Å². The van der Waals surface area contributed by atoms with Gasteiger partial charge in [-0.1, -0.05) is 41.5 Å². The molecule has 5 amide bonds. The lowest BCUT2D eigenvalue weighted by atomic mass is 10.6. The van der Waals surface area contributed by atoms with Gasteiger partial charge in [0, 0.05) is 54.4 Å². The van der Waals surface area contributed by atoms with Gasteiger partial charge in [0.2, 0.25) is 0 Å². The predicted molar refractivity (Wildman–Crippen MR) is 115 cm³/mol. The normalized spacial score (nSPS) is 16.6. The molecule has 1 N–H and O–H groups in total. The van der Waals surface area contributed by atoms with E-state index in [-0.39, 0.29) is 18.2 Å². The first-order valence-electron chi connectivity index (χ1n) is 10.2. The fourth-order valence-corrected chi connectivity index (χ4v) is 1.82. The highest BCUT2D eigenvalue weighted by atomic mass is 16.6. The standard InChI is InChI=1S/C5H10N2O.C4H8N2O.C4H7NO2.3C2H6/c1-6-3-4-7(2)5(6)8;1-6-3-2-5-4(6)7;1-5-2-3-7-4(5)6;3*1-2/h3-4H2,1-2H3;2-3H2,1H3,(H,5,7);2-3H2,1H3;3*1-2H3. The first-order chi connectivity index (χ1) is 13.3. The van der Waals surface area contributed by atoms with E-state index >= 15 is 0 Å². The Morgan fingerprint density at radius 2 is 1.14 bits per heavy atom. The van der Waals surface area contributed by atoms with E-state index < -0.39 is 0 Å². The van der Waals surface area contributed by atoms with Crippen molar-refractivity contribution in [3.05, 3.63) is 0 Å². The molecule has 3 heterocycles. The monoisotopic (exact) mass is 405 g/mol. The lowest BCUT2D eigenvalue weighted by molar-refractivity contribution is 0.163. The largest absolute Gasteiger partial charge is 0.448 e. The second-order valence-corrected chi connectivity index (χ2v) is 5.32. The molecular weight excluding hydrogens is 362 g/mol. The molecule has 28 heavy (non-hydrogen) atoms. The second-order valence-electron chi connectivity index (χ2n) is 5.32. The van der Waals surface area contributed by atoms with Gasteiger partial charge in [-0.15, -0.1) is 0 Å². The molecule has 0 aromatic rings. The number of ether oxygens (including phenoxy) is 1. The van der Waals surface area contributed by atoms with Crippen molar-refractivity contribution in [2.75, 3.05) is 67.5 Å². The maximum absolute atomic E-state index is 10.8. The van der Waals surface area contributed by atoms with Gasteiger partial charge in [-0.3, -0.25) is 0 Å². The summed E-state index contributed by atoms with van der Waals surface area (Å²) >= 11 is 0. The Kier molecular flexibility index (Phi) is 21.3. The Morgan fingerprint density at radius 3 is 1.25 bits per heavy atom. The number of hydrogen-bond donors (Lipinski definition) is 1. The molecule has 9 nitrogen and oxygen atoms in total. The third-order valence-corrected chi connectivity index (χ3v) is 3.46. The Morgan fingerprint density at radius 1 is 0.679 bits per heavy atom. The first-order valence-corrected chi connectivity index (χ1v) is 10.2. The fraction of sp³-hybridized carbons (Fsp3) is 0.842. The number of cyclic esters (lactones) is 1. The summed E-state index contributed by atoms with van der Waals surface area (Å²) in [7, 11) is 7.12. The van der Waals surface area contributed by atoms with Crippen LogP contribution in [0.15, 0.2) is 0 Å². The lowest BCUT2D eigenvalue weighted by Crippen LogP contribution is -2.25. The van der Waals surface area contributed by atoms with Crippen LogP contribution in [-0.4, -0.2) is 105 Å². The van der Waals surface area contributed by atoms with E-state index in [1.54, 1.807) is 33.7 Å². The molecule has 3 fully saturated rings. The van der Waals surface area contributed by atoms with E-state index in [1.807, 2.05) is 55.6 Å². The van der Waals surface area contributed by atoms with Crippen molar-refractivity contribution in [1.82, 2.24) is 24.9 Å². The zero-order chi connectivity index (χ0) is 22.7. The molecule has 0 bridgehead atoms. The SMILES string of the molecule is CC.CC.CC.CN1CCN(C)C1=O.CN1CCNC1=O.CN1CCOC1=O. The molecule has 3 aliphatic rings. The van der Waals surface area contributed by atoms with Crippen LogP contribution in [0.3, 0.4) is 0 Å². The molecule has 0 aromatic carbocycles. The van der Waals surface area contributed by atoms with Crippen molar-refractivity contribution >= 4 is 18.2 Å². The average molecular weight is 406 g/mol. The number of likely N-dealkylation sites (N-methyl/N-ethyl adjacent to an activating group) is 4. The van der Waals surface area contributed by atoms with Crippen LogP contribution >= 0.6 is 0 Å². The number of urea groups is 2. The molecule has 3 aliphatic heterocycles. The second kappa shape index (κ2) is 19.6. The van der Waals surface area contributed by atoms with E-state index in [0.717, 1.165) is 32.7 Å². The lowest BCUT2D eigenvalue weighted by Gasteiger charge is -2.07. The van der Waals surface area contributed by atoms with Crippen LogP contribution in [0.4, 0.5) is 14.4 Å². The summed E-state index contributed by atoms with van der Waals surface area (Å²) in [5.41, 5.74) is 0. The third-order valence-electron chi connectivity index (χ3n) is 3.46. The van der Waals surface area contributed by atoms with Gasteiger partial charge < -0.3 is 29.7 Å². The molecule has 0 aromatic heterocycles. The average Bonchev–Trinajstić information content (AvgIpc) is 3.39. The number of hydrogen-bond acceptors (Lipinski definition) is 4. The highest BCUT2D eigenvalue weighted by Crippen LogP contribution is 2.00.